The highest BCUT2D eigenvalue weighted by Crippen LogP contribution is 2.47. The molecule has 2 aromatic heterocycles. The second kappa shape index (κ2) is 12.2. The molecule has 0 fully saturated rings. The highest BCUT2D eigenvalue weighted by atomic mass is 16.3. The molecule has 0 aliphatic rings. The summed E-state index contributed by atoms with van der Waals surface area (Å²) in [5, 5.41) is 4.68. The van der Waals surface area contributed by atoms with Gasteiger partial charge in [0.2, 0.25) is 0 Å². The maximum Gasteiger partial charge on any atom is 0.145 e. The van der Waals surface area contributed by atoms with Crippen LogP contribution in [0.4, 0.5) is 17.1 Å². The maximum atomic E-state index is 6.85. The highest BCUT2D eigenvalue weighted by Gasteiger charge is 2.23. The van der Waals surface area contributed by atoms with E-state index in [2.05, 4.69) is 198 Å². The maximum absolute atomic E-state index is 6.85. The number of rotatable bonds is 6. The summed E-state index contributed by atoms with van der Waals surface area (Å²) >= 11 is 0. The fourth-order valence-corrected chi connectivity index (χ4v) is 7.94. The third-order valence-corrected chi connectivity index (χ3v) is 10.3. The first kappa shape index (κ1) is 30.0. The Balaban J connectivity index is 1.19. The molecule has 3 heteroatoms. The summed E-state index contributed by atoms with van der Waals surface area (Å²) in [4.78, 5) is 2.38. The lowest BCUT2D eigenvalue weighted by atomic mass is 9.98. The summed E-state index contributed by atoms with van der Waals surface area (Å²) in [5.74, 6) is 0. The second-order valence-electron chi connectivity index (χ2n) is 13.4. The van der Waals surface area contributed by atoms with Crippen molar-refractivity contribution < 1.29 is 4.42 Å². The third-order valence-electron chi connectivity index (χ3n) is 10.3. The van der Waals surface area contributed by atoms with Crippen LogP contribution in [0.5, 0.6) is 0 Å². The number of para-hydroxylation sites is 4. The zero-order chi connectivity index (χ0) is 34.6. The van der Waals surface area contributed by atoms with Gasteiger partial charge in [0.25, 0.3) is 0 Å². The van der Waals surface area contributed by atoms with Crippen LogP contribution in [0.1, 0.15) is 5.56 Å². The van der Waals surface area contributed by atoms with E-state index in [9.17, 15) is 0 Å². The summed E-state index contributed by atoms with van der Waals surface area (Å²) in [6, 6.07) is 67.1. The monoisotopic (exact) mass is 666 g/mol. The molecule has 246 valence electrons. The number of hydrogen-bond donors (Lipinski definition) is 0. The predicted molar refractivity (Wildman–Crippen MR) is 218 cm³/mol. The van der Waals surface area contributed by atoms with Crippen molar-refractivity contribution >= 4 is 60.8 Å². The smallest absolute Gasteiger partial charge is 0.145 e. The molecule has 0 bridgehead atoms. The molecule has 0 unspecified atom stereocenters. The lowest BCUT2D eigenvalue weighted by Gasteiger charge is -2.28. The Bertz CT molecular complexity index is 2860. The van der Waals surface area contributed by atoms with Gasteiger partial charge in [0.1, 0.15) is 11.2 Å². The average Bonchev–Trinajstić information content (AvgIpc) is 3.76. The molecule has 3 nitrogen and oxygen atoms in total. The van der Waals surface area contributed by atoms with Crippen LogP contribution in [0, 0.1) is 6.92 Å². The van der Waals surface area contributed by atoms with Gasteiger partial charge in [0.05, 0.1) is 22.1 Å². The lowest BCUT2D eigenvalue weighted by molar-refractivity contribution is 0.670. The molecule has 0 saturated heterocycles. The van der Waals surface area contributed by atoms with Crippen molar-refractivity contribution in [3.05, 3.63) is 194 Å². The summed E-state index contributed by atoms with van der Waals surface area (Å²) in [5.41, 5.74) is 14.3. The van der Waals surface area contributed by atoms with Crippen molar-refractivity contribution in [1.82, 2.24) is 4.57 Å². The number of benzene rings is 8. The van der Waals surface area contributed by atoms with Crippen LogP contribution in [0.3, 0.4) is 0 Å². The fourth-order valence-electron chi connectivity index (χ4n) is 7.94. The topological polar surface area (TPSA) is 21.3 Å². The second-order valence-corrected chi connectivity index (χ2v) is 13.4. The van der Waals surface area contributed by atoms with Gasteiger partial charge in [0, 0.05) is 38.8 Å². The van der Waals surface area contributed by atoms with Crippen LogP contribution in [0.2, 0.25) is 0 Å². The van der Waals surface area contributed by atoms with E-state index in [0.717, 1.165) is 55.8 Å². The number of fused-ring (bicyclic) bond motifs is 6. The molecule has 0 aliphatic carbocycles. The molecule has 0 amide bonds. The van der Waals surface area contributed by atoms with E-state index < -0.39 is 0 Å². The summed E-state index contributed by atoms with van der Waals surface area (Å²) < 4.78 is 9.22. The number of anilines is 3. The normalized spacial score (nSPS) is 11.6. The number of aromatic nitrogens is 1. The van der Waals surface area contributed by atoms with Crippen LogP contribution >= 0.6 is 0 Å². The first-order chi connectivity index (χ1) is 25.7. The standard InChI is InChI=1S/C49H34N2O/c1-33-31-35(34-15-4-2-5-16-34)27-29-43(33)50(37-18-6-3-7-19-37)46-30-28-39(49-48(46)42-23-10-13-26-47(42)52-49)36-17-14-20-38(32-36)51-44-24-11-8-21-40(44)41-22-9-12-25-45(41)51/h2-32H,1H3. The highest BCUT2D eigenvalue weighted by molar-refractivity contribution is 6.17. The third kappa shape index (κ3) is 4.82. The molecule has 52 heavy (non-hydrogen) atoms. The van der Waals surface area contributed by atoms with E-state index in [4.69, 9.17) is 4.42 Å². The SMILES string of the molecule is Cc1cc(-c2ccccc2)ccc1N(c1ccccc1)c1ccc(-c2cccc(-n3c4ccccc4c4ccccc43)c2)c2oc3ccccc3c12. The Morgan fingerprint density at radius 3 is 1.81 bits per heavy atom. The van der Waals surface area contributed by atoms with Gasteiger partial charge in [-0.05, 0) is 95.9 Å². The van der Waals surface area contributed by atoms with E-state index in [1.807, 2.05) is 6.07 Å². The van der Waals surface area contributed by atoms with Crippen LogP contribution in [-0.4, -0.2) is 4.57 Å². The van der Waals surface area contributed by atoms with E-state index in [0.29, 0.717) is 0 Å². The molecule has 8 aromatic carbocycles. The van der Waals surface area contributed by atoms with Gasteiger partial charge in [0.15, 0.2) is 0 Å². The molecule has 0 atom stereocenters. The van der Waals surface area contributed by atoms with Gasteiger partial charge in [-0.25, -0.2) is 0 Å². The molecule has 0 N–H and O–H groups in total. The van der Waals surface area contributed by atoms with Crippen molar-refractivity contribution in [2.24, 2.45) is 0 Å². The van der Waals surface area contributed by atoms with Crippen molar-refractivity contribution in [2.75, 3.05) is 4.90 Å². The largest absolute Gasteiger partial charge is 0.455 e. The number of aryl methyl sites for hydroxylation is 1. The van der Waals surface area contributed by atoms with E-state index in [-0.39, 0.29) is 0 Å². The quantitative estimate of drug-likeness (QED) is 0.176. The Hall–Kier alpha value is -6.84. The summed E-state index contributed by atoms with van der Waals surface area (Å²) in [6.45, 7) is 2.21. The zero-order valence-corrected chi connectivity index (χ0v) is 28.7. The minimum atomic E-state index is 0.869. The fraction of sp³-hybridized carbons (Fsp3) is 0.0204. The first-order valence-electron chi connectivity index (χ1n) is 17.8. The Kier molecular flexibility index (Phi) is 7.04. The molecular formula is C49H34N2O. The van der Waals surface area contributed by atoms with E-state index >= 15 is 0 Å². The van der Waals surface area contributed by atoms with Crippen molar-refractivity contribution in [1.29, 1.82) is 0 Å². The predicted octanol–water partition coefficient (Wildman–Crippen LogP) is 13.8. The summed E-state index contributed by atoms with van der Waals surface area (Å²) in [6.07, 6.45) is 0. The average molecular weight is 667 g/mol. The summed E-state index contributed by atoms with van der Waals surface area (Å²) in [7, 11) is 0. The Labute approximate surface area is 302 Å². The molecule has 10 aromatic rings. The van der Waals surface area contributed by atoms with Crippen LogP contribution < -0.4 is 4.90 Å². The van der Waals surface area contributed by atoms with Gasteiger partial charge >= 0.3 is 0 Å². The zero-order valence-electron chi connectivity index (χ0n) is 28.7. The van der Waals surface area contributed by atoms with Crippen molar-refractivity contribution in [2.45, 2.75) is 6.92 Å². The molecule has 0 radical (unpaired) electrons. The molecule has 0 saturated carbocycles. The molecule has 10 rings (SSSR count). The first-order valence-corrected chi connectivity index (χ1v) is 17.8. The minimum Gasteiger partial charge on any atom is -0.455 e. The van der Waals surface area contributed by atoms with E-state index in [1.165, 1.54) is 38.5 Å². The lowest BCUT2D eigenvalue weighted by Crippen LogP contribution is -2.12. The number of furan rings is 1. The minimum absolute atomic E-state index is 0.869. The van der Waals surface area contributed by atoms with E-state index in [1.54, 1.807) is 0 Å². The van der Waals surface area contributed by atoms with Gasteiger partial charge in [-0.1, -0.05) is 121 Å². The van der Waals surface area contributed by atoms with Crippen molar-refractivity contribution in [3.63, 3.8) is 0 Å². The van der Waals surface area contributed by atoms with Crippen molar-refractivity contribution in [3.8, 4) is 27.9 Å². The van der Waals surface area contributed by atoms with Gasteiger partial charge in [-0.15, -0.1) is 0 Å². The Morgan fingerprint density at radius 1 is 0.462 bits per heavy atom. The van der Waals surface area contributed by atoms with Crippen LogP contribution in [-0.2, 0) is 0 Å². The van der Waals surface area contributed by atoms with Gasteiger partial charge in [-0.2, -0.15) is 0 Å². The molecule has 0 aliphatic heterocycles. The number of hydrogen-bond acceptors (Lipinski definition) is 2. The van der Waals surface area contributed by atoms with Gasteiger partial charge < -0.3 is 13.9 Å². The molecule has 2 heterocycles. The van der Waals surface area contributed by atoms with Gasteiger partial charge in [-0.3, -0.25) is 0 Å². The Morgan fingerprint density at radius 2 is 1.08 bits per heavy atom. The van der Waals surface area contributed by atoms with Crippen LogP contribution in [0.15, 0.2) is 192 Å². The molecule has 0 spiro atoms. The van der Waals surface area contributed by atoms with Crippen LogP contribution in [0.25, 0.3) is 71.7 Å². The number of nitrogens with zero attached hydrogens (tertiary/aromatic N) is 2. The molecular weight excluding hydrogens is 633 g/mol.